The molecule has 0 aliphatic heterocycles. The molecular weight excluding hydrogens is 211 g/mol. The van der Waals surface area contributed by atoms with E-state index in [1.54, 1.807) is 0 Å². The van der Waals surface area contributed by atoms with Gasteiger partial charge < -0.3 is 4.43 Å². The van der Waals surface area contributed by atoms with E-state index in [-0.39, 0.29) is 0 Å². The van der Waals surface area contributed by atoms with Crippen molar-refractivity contribution in [2.24, 2.45) is 0 Å². The van der Waals surface area contributed by atoms with Crippen LogP contribution in [0, 0.1) is 0 Å². The molecular formula is C9H13N2OPSi. The lowest BCUT2D eigenvalue weighted by molar-refractivity contribution is 0.541. The number of aromatic nitrogens is 2. The van der Waals surface area contributed by atoms with Gasteiger partial charge in [0, 0.05) is 14.4 Å². The molecule has 0 unspecified atom stereocenters. The van der Waals surface area contributed by atoms with Crippen LogP contribution in [-0.4, -0.2) is 17.9 Å². The molecule has 0 atom stereocenters. The Labute approximate surface area is 85.9 Å². The Balaban J connectivity index is 2.36. The quantitative estimate of drug-likeness (QED) is 0.733. The summed E-state index contributed by atoms with van der Waals surface area (Å²) in [5.74, 6) is 0. The van der Waals surface area contributed by atoms with Gasteiger partial charge in [-0.25, -0.2) is 4.52 Å². The van der Waals surface area contributed by atoms with Crippen molar-refractivity contribution in [1.29, 1.82) is 0 Å². The molecule has 2 aromatic rings. The molecule has 2 heterocycles. The number of fused-ring (bicyclic) bond motifs is 1. The Morgan fingerprint density at radius 2 is 2.14 bits per heavy atom. The zero-order chi connectivity index (χ0) is 10.2. The summed E-state index contributed by atoms with van der Waals surface area (Å²) in [4.78, 5) is 0. The maximum atomic E-state index is 5.84. The molecule has 0 N–H and O–H groups in total. The highest BCUT2D eigenvalue weighted by Crippen LogP contribution is 2.29. The first-order chi connectivity index (χ1) is 6.54. The van der Waals surface area contributed by atoms with E-state index in [4.69, 9.17) is 4.43 Å². The molecule has 2 aromatic heterocycles. The lowest BCUT2D eigenvalue weighted by Gasteiger charge is -2.15. The van der Waals surface area contributed by atoms with Crippen molar-refractivity contribution in [2.75, 3.05) is 0 Å². The van der Waals surface area contributed by atoms with Crippen LogP contribution in [0.5, 0.6) is 5.61 Å². The average Bonchev–Trinajstić information content (AvgIpc) is 2.42. The van der Waals surface area contributed by atoms with Gasteiger partial charge in [0.05, 0.1) is 5.25 Å². The number of hydrogen-bond donors (Lipinski definition) is 0. The van der Waals surface area contributed by atoms with Gasteiger partial charge in [0.25, 0.3) is 0 Å². The van der Waals surface area contributed by atoms with Crippen molar-refractivity contribution in [3.05, 3.63) is 24.4 Å². The van der Waals surface area contributed by atoms with Gasteiger partial charge in [0.15, 0.2) is 0 Å². The molecule has 0 fully saturated rings. The zero-order valence-corrected chi connectivity index (χ0v) is 10.5. The van der Waals surface area contributed by atoms with E-state index in [1.807, 2.05) is 22.8 Å². The summed E-state index contributed by atoms with van der Waals surface area (Å²) < 4.78 is 7.71. The molecule has 5 heteroatoms. The fraction of sp³-hybridized carbons (Fsp3) is 0.333. The molecule has 0 radical (unpaired) electrons. The standard InChI is InChI=1S/C9H13N2OPSi/c1-14(2,3)12-9-10-11-7-5-4-6-8(11)13-9/h4-7H,1-3H3. The summed E-state index contributed by atoms with van der Waals surface area (Å²) in [5.41, 5.74) is 0.829. The molecule has 2 rings (SSSR count). The van der Waals surface area contributed by atoms with E-state index in [0.29, 0.717) is 0 Å². The highest BCUT2D eigenvalue weighted by atomic mass is 31.0. The predicted molar refractivity (Wildman–Crippen MR) is 61.7 cm³/mol. The first-order valence-corrected chi connectivity index (χ1v) is 8.85. The van der Waals surface area contributed by atoms with Crippen molar-refractivity contribution in [3.8, 4) is 5.61 Å². The second-order valence-corrected chi connectivity index (χ2v) is 9.61. The van der Waals surface area contributed by atoms with Crippen LogP contribution < -0.4 is 4.43 Å². The maximum Gasteiger partial charge on any atom is 0.247 e. The number of rotatable bonds is 2. The van der Waals surface area contributed by atoms with E-state index in [9.17, 15) is 0 Å². The van der Waals surface area contributed by atoms with Crippen LogP contribution in [0.1, 0.15) is 0 Å². The van der Waals surface area contributed by atoms with Crippen molar-refractivity contribution in [1.82, 2.24) is 9.61 Å². The molecule has 0 aliphatic rings. The van der Waals surface area contributed by atoms with Crippen LogP contribution in [0.4, 0.5) is 0 Å². The zero-order valence-electron chi connectivity index (χ0n) is 8.56. The van der Waals surface area contributed by atoms with E-state index in [2.05, 4.69) is 30.8 Å². The lowest BCUT2D eigenvalue weighted by Crippen LogP contribution is -2.29. The summed E-state index contributed by atoms with van der Waals surface area (Å²) in [6.07, 6.45) is 1.95. The van der Waals surface area contributed by atoms with Crippen molar-refractivity contribution in [3.63, 3.8) is 0 Å². The highest BCUT2D eigenvalue weighted by Gasteiger charge is 2.18. The molecule has 3 nitrogen and oxygen atoms in total. The first-order valence-electron chi connectivity index (χ1n) is 4.55. The van der Waals surface area contributed by atoms with Crippen LogP contribution in [0.2, 0.25) is 19.6 Å². The van der Waals surface area contributed by atoms with Crippen molar-refractivity contribution >= 4 is 21.8 Å². The third-order valence-electron chi connectivity index (χ3n) is 1.62. The van der Waals surface area contributed by atoms with Gasteiger partial charge in [-0.3, -0.25) is 0 Å². The molecule has 0 bridgehead atoms. The van der Waals surface area contributed by atoms with Gasteiger partial charge in [-0.2, -0.15) is 0 Å². The molecule has 0 aliphatic carbocycles. The number of hydrogen-bond acceptors (Lipinski definition) is 2. The fourth-order valence-electron chi connectivity index (χ4n) is 1.13. The summed E-state index contributed by atoms with van der Waals surface area (Å²) in [7, 11) is -0.433. The highest BCUT2D eigenvalue weighted by molar-refractivity contribution is 7.38. The Morgan fingerprint density at radius 1 is 1.36 bits per heavy atom. The monoisotopic (exact) mass is 224 g/mol. The SMILES string of the molecule is C[Si](C)(C)Oc1nn2ccccc2p1. The Bertz CT molecular complexity index is 416. The molecule has 0 spiro atoms. The minimum atomic E-state index is -1.51. The van der Waals surface area contributed by atoms with E-state index < -0.39 is 8.32 Å². The van der Waals surface area contributed by atoms with Gasteiger partial charge in [-0.1, -0.05) is 6.07 Å². The topological polar surface area (TPSA) is 26.5 Å². The largest absolute Gasteiger partial charge is 0.527 e. The second kappa shape index (κ2) is 3.37. The predicted octanol–water partition coefficient (Wildman–Crippen LogP) is 3.13. The molecule has 0 amide bonds. The summed E-state index contributed by atoms with van der Waals surface area (Å²) in [6, 6.07) is 6.05. The van der Waals surface area contributed by atoms with Gasteiger partial charge in [-0.15, -0.1) is 5.10 Å². The molecule has 14 heavy (non-hydrogen) atoms. The molecule has 0 saturated carbocycles. The molecule has 74 valence electrons. The molecule has 0 saturated heterocycles. The number of nitrogens with zero attached hydrogens (tertiary/aromatic N) is 2. The Kier molecular flexibility index (Phi) is 2.33. The van der Waals surface area contributed by atoms with Crippen molar-refractivity contribution < 1.29 is 4.43 Å². The van der Waals surface area contributed by atoms with Gasteiger partial charge in [0.2, 0.25) is 13.9 Å². The van der Waals surface area contributed by atoms with E-state index >= 15 is 0 Å². The van der Waals surface area contributed by atoms with Gasteiger partial charge in [0.1, 0.15) is 0 Å². The van der Waals surface area contributed by atoms with Crippen molar-refractivity contribution in [2.45, 2.75) is 19.6 Å². The van der Waals surface area contributed by atoms with Crippen LogP contribution >= 0.6 is 8.19 Å². The average molecular weight is 224 g/mol. The Morgan fingerprint density at radius 3 is 2.79 bits per heavy atom. The lowest BCUT2D eigenvalue weighted by atomic mass is 10.5. The minimum absolute atomic E-state index is 0.829. The van der Waals surface area contributed by atoms with E-state index in [1.165, 1.54) is 5.25 Å². The smallest absolute Gasteiger partial charge is 0.247 e. The van der Waals surface area contributed by atoms with Crippen LogP contribution in [0.25, 0.3) is 5.25 Å². The van der Waals surface area contributed by atoms with Crippen LogP contribution in [0.3, 0.4) is 0 Å². The maximum absolute atomic E-state index is 5.84. The van der Waals surface area contributed by atoms with Gasteiger partial charge in [-0.05, 0) is 31.8 Å². The first kappa shape index (κ1) is 9.68. The second-order valence-electron chi connectivity index (χ2n) is 4.11. The third kappa shape index (κ3) is 2.14. The van der Waals surface area contributed by atoms with Gasteiger partial charge >= 0.3 is 0 Å². The summed E-state index contributed by atoms with van der Waals surface area (Å²) >= 11 is 0. The summed E-state index contributed by atoms with van der Waals surface area (Å²) in [6.45, 7) is 6.50. The Hall–Kier alpha value is -0.863. The number of pyridine rings is 1. The molecule has 0 aromatic carbocycles. The van der Waals surface area contributed by atoms with Crippen LogP contribution in [-0.2, 0) is 0 Å². The third-order valence-corrected chi connectivity index (χ3v) is 3.55. The summed E-state index contributed by atoms with van der Waals surface area (Å²) in [5, 5.41) is 5.54. The normalized spacial score (nSPS) is 12.5. The fourth-order valence-corrected chi connectivity index (χ4v) is 3.43. The van der Waals surface area contributed by atoms with E-state index in [0.717, 1.165) is 13.8 Å². The van der Waals surface area contributed by atoms with Crippen LogP contribution in [0.15, 0.2) is 24.4 Å². The minimum Gasteiger partial charge on any atom is -0.527 e.